The molecule has 9 heteroatoms. The highest BCUT2D eigenvalue weighted by Gasteiger charge is 2.40. The van der Waals surface area contributed by atoms with Crippen LogP contribution in [0, 0.1) is 0 Å². The van der Waals surface area contributed by atoms with Gasteiger partial charge in [0.1, 0.15) is 0 Å². The Morgan fingerprint density at radius 3 is 1.85 bits per heavy atom. The predicted molar refractivity (Wildman–Crippen MR) is 96.9 cm³/mol. The smallest absolute Gasteiger partial charge is 0.352 e. The molecule has 27 heavy (non-hydrogen) atoms. The minimum absolute atomic E-state index is 0.0687. The van der Waals surface area contributed by atoms with E-state index in [0.717, 1.165) is 25.9 Å². The molecule has 0 bridgehead atoms. The van der Waals surface area contributed by atoms with E-state index in [0.29, 0.717) is 12.8 Å². The molecule has 0 aliphatic carbocycles. The minimum atomic E-state index is -4.78. The van der Waals surface area contributed by atoms with Gasteiger partial charge in [-0.25, -0.2) is 0 Å². The third-order valence-electron chi connectivity index (χ3n) is 3.26. The van der Waals surface area contributed by atoms with E-state index in [1.807, 2.05) is 25.7 Å². The van der Waals surface area contributed by atoms with Crippen LogP contribution in [0.4, 0.5) is 13.2 Å². The lowest BCUT2D eigenvalue weighted by atomic mass is 10.1. The van der Waals surface area contributed by atoms with Gasteiger partial charge in [-0.05, 0) is 54.4 Å². The summed E-state index contributed by atoms with van der Waals surface area (Å²) in [6.45, 7) is 11.9. The van der Waals surface area contributed by atoms with Gasteiger partial charge in [-0.15, -0.1) is 0 Å². The Bertz CT molecular complexity index is 521. The van der Waals surface area contributed by atoms with Crippen LogP contribution in [0.5, 0.6) is 0 Å². The van der Waals surface area contributed by atoms with E-state index in [2.05, 4.69) is 5.32 Å². The zero-order chi connectivity index (χ0) is 21.5. The van der Waals surface area contributed by atoms with E-state index < -0.39 is 17.6 Å². The van der Waals surface area contributed by atoms with Crippen molar-refractivity contribution in [3.8, 4) is 0 Å². The molecule has 6 nitrogen and oxygen atoms in total. The lowest BCUT2D eigenvalue weighted by molar-refractivity contribution is -0.175. The zero-order valence-corrected chi connectivity index (χ0v) is 17.0. The molecule has 1 saturated heterocycles. The summed E-state index contributed by atoms with van der Waals surface area (Å²) in [7, 11) is 0. The summed E-state index contributed by atoms with van der Waals surface area (Å²) in [6, 6.07) is 0. The molecule has 1 rings (SSSR count). The van der Waals surface area contributed by atoms with Gasteiger partial charge in [0.05, 0.1) is 0 Å². The summed E-state index contributed by atoms with van der Waals surface area (Å²) in [4.78, 5) is 34.9. The van der Waals surface area contributed by atoms with E-state index in [9.17, 15) is 27.6 Å². The number of hydrogen-bond acceptors (Lipinski definition) is 3. The highest BCUT2D eigenvalue weighted by Crippen LogP contribution is 2.16. The summed E-state index contributed by atoms with van der Waals surface area (Å²) < 4.78 is 34.7. The maximum atomic E-state index is 11.6. The van der Waals surface area contributed by atoms with Gasteiger partial charge < -0.3 is 15.5 Å². The van der Waals surface area contributed by atoms with E-state index >= 15 is 0 Å². The number of rotatable bonds is 4. The van der Waals surface area contributed by atoms with Crippen molar-refractivity contribution in [3.63, 3.8) is 0 Å². The van der Waals surface area contributed by atoms with Crippen molar-refractivity contribution in [2.75, 3.05) is 13.1 Å². The van der Waals surface area contributed by atoms with Crippen LogP contribution < -0.4 is 10.6 Å². The Labute approximate surface area is 159 Å². The largest absolute Gasteiger partial charge is 0.471 e. The Morgan fingerprint density at radius 1 is 1.00 bits per heavy atom. The summed E-state index contributed by atoms with van der Waals surface area (Å²) in [6.07, 6.45) is -1.89. The van der Waals surface area contributed by atoms with E-state index in [1.165, 1.54) is 20.8 Å². The molecular formula is C18H32F3N3O3. The van der Waals surface area contributed by atoms with Crippen molar-refractivity contribution < 1.29 is 27.6 Å². The average Bonchev–Trinajstić information content (AvgIpc) is 2.80. The molecule has 3 amide bonds. The molecule has 158 valence electrons. The molecule has 0 saturated carbocycles. The highest BCUT2D eigenvalue weighted by atomic mass is 19.4. The van der Waals surface area contributed by atoms with Gasteiger partial charge >= 0.3 is 12.1 Å². The highest BCUT2D eigenvalue weighted by molar-refractivity contribution is 5.82. The molecule has 1 aliphatic heterocycles. The topological polar surface area (TPSA) is 78.5 Å². The maximum Gasteiger partial charge on any atom is 0.471 e. The first kappa shape index (κ1) is 25.2. The molecule has 0 atom stereocenters. The second-order valence-electron chi connectivity index (χ2n) is 8.59. The first-order chi connectivity index (χ1) is 12.0. The number of nitrogens with one attached hydrogen (secondary N) is 2. The van der Waals surface area contributed by atoms with Gasteiger partial charge in [0.25, 0.3) is 0 Å². The fraction of sp³-hybridized carbons (Fsp3) is 0.833. The lowest BCUT2D eigenvalue weighted by Crippen LogP contribution is -2.47. The first-order valence-corrected chi connectivity index (χ1v) is 8.99. The Hall–Kier alpha value is -1.80. The summed E-state index contributed by atoms with van der Waals surface area (Å²) in [5.41, 5.74) is -1.01. The lowest BCUT2D eigenvalue weighted by Gasteiger charge is -2.21. The van der Waals surface area contributed by atoms with Crippen LogP contribution in [0.2, 0.25) is 0 Å². The van der Waals surface area contributed by atoms with Crippen molar-refractivity contribution in [1.82, 2.24) is 15.5 Å². The average molecular weight is 395 g/mol. The minimum Gasteiger partial charge on any atom is -0.352 e. The number of carbonyl (C=O) groups is 3. The number of alkyl halides is 3. The number of nitrogens with zero attached hydrogens (tertiary/aromatic N) is 1. The van der Waals surface area contributed by atoms with Gasteiger partial charge in [-0.2, -0.15) is 13.2 Å². The standard InChI is InChI=1S/C12H22N2O2.C6H10F3NO/c1-12(2,3)13-10(15)6-4-8-14-9-5-7-11(14)16;1-5(2,3)10-4(11)6(7,8)9/h4-9H2,1-3H3,(H,13,15);1-3H3,(H,10,11). The van der Waals surface area contributed by atoms with Gasteiger partial charge in [-0.3, -0.25) is 14.4 Å². The monoisotopic (exact) mass is 395 g/mol. The summed E-state index contributed by atoms with van der Waals surface area (Å²) >= 11 is 0. The molecule has 2 N–H and O–H groups in total. The second-order valence-corrected chi connectivity index (χ2v) is 8.59. The molecule has 0 spiro atoms. The molecule has 0 radical (unpaired) electrons. The van der Waals surface area contributed by atoms with Crippen LogP contribution in [-0.2, 0) is 14.4 Å². The molecule has 1 aliphatic rings. The molecule has 0 aromatic rings. The quantitative estimate of drug-likeness (QED) is 0.768. The second kappa shape index (κ2) is 9.94. The Kier molecular flexibility index (Phi) is 9.28. The molecular weight excluding hydrogens is 363 g/mol. The SMILES string of the molecule is CC(C)(C)NC(=O)C(F)(F)F.CC(C)(C)NC(=O)CCCN1CCCC1=O. The van der Waals surface area contributed by atoms with Crippen LogP contribution in [-0.4, -0.2) is 53.0 Å². The molecule has 0 aromatic carbocycles. The molecule has 1 heterocycles. The number of hydrogen-bond donors (Lipinski definition) is 2. The summed E-state index contributed by atoms with van der Waals surface area (Å²) in [5.74, 6) is -1.60. The fourth-order valence-electron chi connectivity index (χ4n) is 2.26. The molecule has 1 fully saturated rings. The van der Waals surface area contributed by atoms with Gasteiger partial charge in [0.2, 0.25) is 11.8 Å². The summed E-state index contributed by atoms with van der Waals surface area (Å²) in [5, 5.41) is 4.71. The normalized spacial score (nSPS) is 15.1. The maximum absolute atomic E-state index is 11.6. The van der Waals surface area contributed by atoms with E-state index in [4.69, 9.17) is 0 Å². The first-order valence-electron chi connectivity index (χ1n) is 8.99. The fourth-order valence-corrected chi connectivity index (χ4v) is 2.26. The number of halogens is 3. The van der Waals surface area contributed by atoms with Crippen molar-refractivity contribution in [3.05, 3.63) is 0 Å². The number of likely N-dealkylation sites (tertiary alicyclic amines) is 1. The van der Waals surface area contributed by atoms with Crippen LogP contribution in [0.1, 0.15) is 67.2 Å². The zero-order valence-electron chi connectivity index (χ0n) is 17.0. The van der Waals surface area contributed by atoms with Crippen LogP contribution in [0.15, 0.2) is 0 Å². The van der Waals surface area contributed by atoms with Crippen LogP contribution in [0.25, 0.3) is 0 Å². The molecule has 0 aromatic heterocycles. The van der Waals surface area contributed by atoms with Gasteiger partial charge in [-0.1, -0.05) is 0 Å². The predicted octanol–water partition coefficient (Wildman–Crippen LogP) is 2.77. The van der Waals surface area contributed by atoms with Gasteiger partial charge in [0.15, 0.2) is 0 Å². The van der Waals surface area contributed by atoms with Crippen molar-refractivity contribution >= 4 is 17.7 Å². The van der Waals surface area contributed by atoms with Crippen molar-refractivity contribution in [2.24, 2.45) is 0 Å². The van der Waals surface area contributed by atoms with Gasteiger partial charge in [0, 0.05) is 37.0 Å². The van der Waals surface area contributed by atoms with E-state index in [1.54, 1.807) is 5.32 Å². The molecule has 0 unspecified atom stereocenters. The third-order valence-corrected chi connectivity index (χ3v) is 3.26. The number of carbonyl (C=O) groups excluding carboxylic acids is 3. The number of amides is 3. The van der Waals surface area contributed by atoms with E-state index in [-0.39, 0.29) is 17.4 Å². The van der Waals surface area contributed by atoms with Crippen LogP contribution in [0.3, 0.4) is 0 Å². The third kappa shape index (κ3) is 13.1. The van der Waals surface area contributed by atoms with Crippen molar-refractivity contribution in [1.29, 1.82) is 0 Å². The van der Waals surface area contributed by atoms with Crippen LogP contribution >= 0.6 is 0 Å². The van der Waals surface area contributed by atoms with Crippen molar-refractivity contribution in [2.45, 2.75) is 84.5 Å². The Morgan fingerprint density at radius 2 is 1.52 bits per heavy atom. The Balaban J connectivity index is 0.000000541.